The Hall–Kier alpha value is -1.52. The highest BCUT2D eigenvalue weighted by Crippen LogP contribution is 2.17. The summed E-state index contributed by atoms with van der Waals surface area (Å²) >= 11 is 0. The lowest BCUT2D eigenvalue weighted by atomic mass is 9.96. The highest BCUT2D eigenvalue weighted by molar-refractivity contribution is 5.79. The summed E-state index contributed by atoms with van der Waals surface area (Å²) in [4.78, 5) is 4.30. The molecule has 5 heteroatoms. The van der Waals surface area contributed by atoms with Gasteiger partial charge >= 0.3 is 0 Å². The van der Waals surface area contributed by atoms with Gasteiger partial charge in [-0.25, -0.2) is 0 Å². The minimum atomic E-state index is 0.601. The fraction of sp³-hybridized carbons (Fsp3) is 0.733. The van der Waals surface area contributed by atoms with Gasteiger partial charge in [0.1, 0.15) is 0 Å². The number of aromatic nitrogens is 2. The molecule has 1 saturated carbocycles. The highest BCUT2D eigenvalue weighted by Gasteiger charge is 2.13. The van der Waals surface area contributed by atoms with E-state index in [1.54, 1.807) is 0 Å². The Balaban J connectivity index is 1.63. The van der Waals surface area contributed by atoms with Crippen LogP contribution in [-0.2, 0) is 6.54 Å². The minimum Gasteiger partial charge on any atom is -0.356 e. The molecule has 0 aliphatic heterocycles. The number of nitrogens with zero attached hydrogens (tertiary/aromatic N) is 3. The molecule has 0 aromatic carbocycles. The molecule has 0 saturated heterocycles. The van der Waals surface area contributed by atoms with Crippen LogP contribution in [-0.4, -0.2) is 35.4 Å². The summed E-state index contributed by atoms with van der Waals surface area (Å²) in [6, 6.07) is 0.601. The van der Waals surface area contributed by atoms with E-state index in [0.29, 0.717) is 6.04 Å². The van der Waals surface area contributed by atoms with Crippen LogP contribution in [0.1, 0.15) is 44.1 Å². The smallest absolute Gasteiger partial charge is 0.191 e. The average molecular weight is 277 g/mol. The Kier molecular flexibility index (Phi) is 5.89. The Morgan fingerprint density at radius 1 is 1.40 bits per heavy atom. The van der Waals surface area contributed by atoms with E-state index < -0.39 is 0 Å². The first-order valence-electron chi connectivity index (χ1n) is 7.74. The maximum absolute atomic E-state index is 4.30. The molecule has 1 aliphatic carbocycles. The summed E-state index contributed by atoms with van der Waals surface area (Å²) in [5, 5.41) is 11.2. The van der Waals surface area contributed by atoms with Gasteiger partial charge in [-0.3, -0.25) is 9.67 Å². The molecule has 2 N–H and O–H groups in total. The summed E-state index contributed by atoms with van der Waals surface area (Å²) in [6.45, 7) is 3.93. The SMILES string of the molecule is CN=C(NCCCn1cc(C)cn1)NC1CCCCC1. The van der Waals surface area contributed by atoms with Crippen LogP contribution in [0.5, 0.6) is 0 Å². The van der Waals surface area contributed by atoms with E-state index in [2.05, 4.69) is 33.8 Å². The predicted octanol–water partition coefficient (Wildman–Crippen LogP) is 2.08. The van der Waals surface area contributed by atoms with Crippen LogP contribution in [0, 0.1) is 6.92 Å². The normalized spacial score (nSPS) is 17.2. The van der Waals surface area contributed by atoms with Crippen molar-refractivity contribution in [3.8, 4) is 0 Å². The molecule has 0 atom stereocenters. The van der Waals surface area contributed by atoms with E-state index in [9.17, 15) is 0 Å². The van der Waals surface area contributed by atoms with Crippen LogP contribution in [0.2, 0.25) is 0 Å². The number of hydrogen-bond acceptors (Lipinski definition) is 2. The molecule has 0 bridgehead atoms. The third kappa shape index (κ3) is 4.87. The van der Waals surface area contributed by atoms with Gasteiger partial charge in [0.15, 0.2) is 5.96 Å². The van der Waals surface area contributed by atoms with E-state index >= 15 is 0 Å². The Morgan fingerprint density at radius 2 is 2.20 bits per heavy atom. The van der Waals surface area contributed by atoms with Crippen molar-refractivity contribution in [2.45, 2.75) is 58.0 Å². The van der Waals surface area contributed by atoms with Crippen LogP contribution in [0.3, 0.4) is 0 Å². The fourth-order valence-corrected chi connectivity index (χ4v) is 2.67. The van der Waals surface area contributed by atoms with Crippen molar-refractivity contribution >= 4 is 5.96 Å². The second kappa shape index (κ2) is 7.92. The molecule has 0 unspecified atom stereocenters. The molecule has 1 aromatic rings. The monoisotopic (exact) mass is 277 g/mol. The Bertz CT molecular complexity index is 418. The van der Waals surface area contributed by atoms with E-state index in [4.69, 9.17) is 0 Å². The molecule has 112 valence electrons. The maximum atomic E-state index is 4.30. The number of nitrogens with one attached hydrogen (secondary N) is 2. The van der Waals surface area contributed by atoms with Crippen molar-refractivity contribution in [1.82, 2.24) is 20.4 Å². The first-order chi connectivity index (χ1) is 9.78. The maximum Gasteiger partial charge on any atom is 0.191 e. The average Bonchev–Trinajstić information content (AvgIpc) is 2.89. The standard InChI is InChI=1S/C15H27N5/c1-13-11-18-20(12-13)10-6-9-17-15(16-2)19-14-7-4-3-5-8-14/h11-12,14H,3-10H2,1-2H3,(H2,16,17,19). The third-order valence-corrected chi connectivity index (χ3v) is 3.79. The van der Waals surface area contributed by atoms with E-state index in [1.807, 2.05) is 17.9 Å². The molecule has 1 fully saturated rings. The second-order valence-electron chi connectivity index (χ2n) is 5.61. The lowest BCUT2D eigenvalue weighted by molar-refractivity contribution is 0.409. The quantitative estimate of drug-likeness (QED) is 0.492. The zero-order valence-electron chi connectivity index (χ0n) is 12.7. The van der Waals surface area contributed by atoms with Gasteiger partial charge in [0.05, 0.1) is 6.20 Å². The Morgan fingerprint density at radius 3 is 2.85 bits per heavy atom. The summed E-state index contributed by atoms with van der Waals surface area (Å²) < 4.78 is 1.99. The number of guanidine groups is 1. The van der Waals surface area contributed by atoms with Crippen LogP contribution >= 0.6 is 0 Å². The number of aliphatic imine (C=N–C) groups is 1. The van der Waals surface area contributed by atoms with Crippen molar-refractivity contribution < 1.29 is 0 Å². The first kappa shape index (κ1) is 14.9. The van der Waals surface area contributed by atoms with Crippen molar-refractivity contribution in [2.24, 2.45) is 4.99 Å². The highest BCUT2D eigenvalue weighted by atomic mass is 15.3. The van der Waals surface area contributed by atoms with Gasteiger partial charge in [0.2, 0.25) is 0 Å². The van der Waals surface area contributed by atoms with Crippen molar-refractivity contribution in [2.75, 3.05) is 13.6 Å². The summed E-state index contributed by atoms with van der Waals surface area (Å²) in [7, 11) is 1.84. The van der Waals surface area contributed by atoms with E-state index in [0.717, 1.165) is 25.5 Å². The summed E-state index contributed by atoms with van der Waals surface area (Å²) in [5.74, 6) is 0.938. The Labute approximate surface area is 121 Å². The molecule has 1 aromatic heterocycles. The summed E-state index contributed by atoms with van der Waals surface area (Å²) in [6.07, 6.45) is 11.6. The summed E-state index contributed by atoms with van der Waals surface area (Å²) in [5.41, 5.74) is 1.22. The lowest BCUT2D eigenvalue weighted by Gasteiger charge is -2.24. The van der Waals surface area contributed by atoms with E-state index in [1.165, 1.54) is 37.7 Å². The van der Waals surface area contributed by atoms with Crippen molar-refractivity contribution in [1.29, 1.82) is 0 Å². The molecule has 1 heterocycles. The van der Waals surface area contributed by atoms with Crippen LogP contribution in [0.4, 0.5) is 0 Å². The third-order valence-electron chi connectivity index (χ3n) is 3.79. The van der Waals surface area contributed by atoms with Gasteiger partial charge in [-0.2, -0.15) is 5.10 Å². The van der Waals surface area contributed by atoms with Gasteiger partial charge in [-0.1, -0.05) is 19.3 Å². The zero-order chi connectivity index (χ0) is 14.2. The molecular weight excluding hydrogens is 250 g/mol. The van der Waals surface area contributed by atoms with Gasteiger partial charge in [0.25, 0.3) is 0 Å². The molecule has 1 aliphatic rings. The number of rotatable bonds is 5. The largest absolute Gasteiger partial charge is 0.356 e. The van der Waals surface area contributed by atoms with Gasteiger partial charge in [-0.15, -0.1) is 0 Å². The molecule has 2 rings (SSSR count). The molecule has 0 radical (unpaired) electrons. The number of hydrogen-bond donors (Lipinski definition) is 2. The topological polar surface area (TPSA) is 54.2 Å². The van der Waals surface area contributed by atoms with Gasteiger partial charge in [-0.05, 0) is 31.7 Å². The van der Waals surface area contributed by atoms with E-state index in [-0.39, 0.29) is 0 Å². The van der Waals surface area contributed by atoms with Crippen LogP contribution in [0.25, 0.3) is 0 Å². The molecule has 5 nitrogen and oxygen atoms in total. The lowest BCUT2D eigenvalue weighted by Crippen LogP contribution is -2.44. The van der Waals surface area contributed by atoms with Gasteiger partial charge < -0.3 is 10.6 Å². The van der Waals surface area contributed by atoms with Crippen molar-refractivity contribution in [3.05, 3.63) is 18.0 Å². The molecule has 0 amide bonds. The van der Waals surface area contributed by atoms with Gasteiger partial charge in [0, 0.05) is 32.4 Å². The molecule has 0 spiro atoms. The van der Waals surface area contributed by atoms with Crippen LogP contribution < -0.4 is 10.6 Å². The minimum absolute atomic E-state index is 0.601. The number of aryl methyl sites for hydroxylation is 2. The zero-order valence-corrected chi connectivity index (χ0v) is 12.7. The molecular formula is C15H27N5. The fourth-order valence-electron chi connectivity index (χ4n) is 2.67. The first-order valence-corrected chi connectivity index (χ1v) is 7.74. The van der Waals surface area contributed by atoms with Crippen LogP contribution in [0.15, 0.2) is 17.4 Å². The molecule has 20 heavy (non-hydrogen) atoms. The second-order valence-corrected chi connectivity index (χ2v) is 5.61. The predicted molar refractivity (Wildman–Crippen MR) is 83.0 cm³/mol. The van der Waals surface area contributed by atoms with Crippen molar-refractivity contribution in [3.63, 3.8) is 0 Å².